The molecule has 2 heterocycles. The van der Waals surface area contributed by atoms with Crippen LogP contribution in [-0.4, -0.2) is 62.8 Å². The number of carbonyl (C=O) groups excluding carboxylic acids is 3. The van der Waals surface area contributed by atoms with E-state index in [0.717, 1.165) is 17.0 Å². The molecule has 1 aliphatic heterocycles. The number of amides is 2. The van der Waals surface area contributed by atoms with Crippen LogP contribution >= 0.6 is 11.6 Å². The summed E-state index contributed by atoms with van der Waals surface area (Å²) in [5, 5.41) is 8.53. The zero-order valence-corrected chi connectivity index (χ0v) is 22.7. The van der Waals surface area contributed by atoms with E-state index in [-0.39, 0.29) is 45.3 Å². The highest BCUT2D eigenvalue weighted by molar-refractivity contribution is 6.35. The Kier molecular flexibility index (Phi) is 7.50. The molecule has 4 aromatic rings. The van der Waals surface area contributed by atoms with Crippen LogP contribution in [0, 0.1) is 0 Å². The molecule has 0 saturated carbocycles. The first-order valence-corrected chi connectivity index (χ1v) is 12.9. The number of carbonyl (C=O) groups is 3. The van der Waals surface area contributed by atoms with Crippen molar-refractivity contribution in [2.45, 2.75) is 19.1 Å². The van der Waals surface area contributed by atoms with Crippen molar-refractivity contribution in [2.75, 3.05) is 20.6 Å². The van der Waals surface area contributed by atoms with Gasteiger partial charge in [-0.25, -0.2) is 0 Å². The number of rotatable bonds is 8. The number of halogens is 4. The number of likely N-dealkylation sites (N-methyl/N-ethyl adjacent to an activating group) is 1. The van der Waals surface area contributed by atoms with Crippen LogP contribution in [0.15, 0.2) is 66.7 Å². The number of hydrogen-bond acceptors (Lipinski definition) is 6. The Morgan fingerprint density at radius 2 is 1.49 bits per heavy atom. The number of hydrogen-bond donors (Lipinski definition) is 0. The maximum absolute atomic E-state index is 13.8. The molecule has 0 bridgehead atoms. The van der Waals surface area contributed by atoms with Gasteiger partial charge in [-0.2, -0.15) is 13.2 Å². The molecule has 0 N–H and O–H groups in total. The van der Waals surface area contributed by atoms with Gasteiger partial charge in [-0.3, -0.25) is 23.9 Å². The zero-order valence-electron chi connectivity index (χ0n) is 21.9. The van der Waals surface area contributed by atoms with Gasteiger partial charge in [0.05, 0.1) is 33.9 Å². The van der Waals surface area contributed by atoms with Crippen molar-refractivity contribution >= 4 is 29.2 Å². The Morgan fingerprint density at radius 3 is 2.10 bits per heavy atom. The Labute approximate surface area is 238 Å². The summed E-state index contributed by atoms with van der Waals surface area (Å²) < 4.78 is 42.8. The predicted molar refractivity (Wildman–Crippen MR) is 144 cm³/mol. The molecule has 0 radical (unpaired) electrons. The molecular formula is C29H23ClF3N5O3. The highest BCUT2D eigenvalue weighted by atomic mass is 35.5. The molecule has 3 aromatic carbocycles. The molecule has 12 heteroatoms. The molecule has 8 nitrogen and oxygen atoms in total. The molecule has 5 rings (SSSR count). The van der Waals surface area contributed by atoms with E-state index < -0.39 is 29.3 Å². The smallest absolute Gasteiger partial charge is 0.309 e. The van der Waals surface area contributed by atoms with Gasteiger partial charge < -0.3 is 4.90 Å². The van der Waals surface area contributed by atoms with E-state index >= 15 is 0 Å². The lowest BCUT2D eigenvalue weighted by atomic mass is 9.98. The summed E-state index contributed by atoms with van der Waals surface area (Å²) in [7, 11) is 3.68. The highest BCUT2D eigenvalue weighted by Crippen LogP contribution is 2.34. The van der Waals surface area contributed by atoms with Gasteiger partial charge >= 0.3 is 6.18 Å². The Morgan fingerprint density at radius 1 is 0.878 bits per heavy atom. The first-order chi connectivity index (χ1) is 19.5. The summed E-state index contributed by atoms with van der Waals surface area (Å²) in [5.74, 6) is -1.38. The molecule has 0 spiro atoms. The van der Waals surface area contributed by atoms with Crippen molar-refractivity contribution in [1.29, 1.82) is 0 Å². The van der Waals surface area contributed by atoms with Crippen molar-refractivity contribution in [3.05, 3.63) is 111 Å². The molecule has 2 amide bonds. The van der Waals surface area contributed by atoms with Crippen LogP contribution < -0.4 is 0 Å². The minimum atomic E-state index is -4.72. The van der Waals surface area contributed by atoms with Crippen molar-refractivity contribution in [3.8, 4) is 5.69 Å². The van der Waals surface area contributed by atoms with Gasteiger partial charge in [0.15, 0.2) is 11.6 Å². The minimum Gasteiger partial charge on any atom is -0.309 e. The average molecular weight is 582 g/mol. The Bertz CT molecular complexity index is 1650. The molecule has 210 valence electrons. The van der Waals surface area contributed by atoms with Gasteiger partial charge in [0.1, 0.15) is 5.82 Å². The number of benzene rings is 3. The molecule has 0 aliphatic carbocycles. The van der Waals surface area contributed by atoms with Gasteiger partial charge in [0.25, 0.3) is 11.8 Å². The summed E-state index contributed by atoms with van der Waals surface area (Å²) in [5.41, 5.74) is -0.766. The third kappa shape index (κ3) is 5.38. The van der Waals surface area contributed by atoms with Gasteiger partial charge in [-0.05, 0) is 56.6 Å². The van der Waals surface area contributed by atoms with Crippen molar-refractivity contribution in [2.24, 2.45) is 0 Å². The van der Waals surface area contributed by atoms with E-state index in [9.17, 15) is 27.6 Å². The summed E-state index contributed by atoms with van der Waals surface area (Å²) in [6.07, 6.45) is -4.42. The van der Waals surface area contributed by atoms with Gasteiger partial charge in [-0.15, -0.1) is 10.2 Å². The fraction of sp³-hybridized carbons (Fsp3) is 0.207. The first-order valence-electron chi connectivity index (χ1n) is 12.5. The topological polar surface area (TPSA) is 88.4 Å². The van der Waals surface area contributed by atoms with Crippen molar-refractivity contribution in [3.63, 3.8) is 0 Å². The molecular weight excluding hydrogens is 559 g/mol. The maximum atomic E-state index is 13.8. The van der Waals surface area contributed by atoms with Crippen LogP contribution in [0.2, 0.25) is 5.02 Å². The highest BCUT2D eigenvalue weighted by Gasteiger charge is 2.37. The number of fused-ring (bicyclic) bond motifs is 1. The largest absolute Gasteiger partial charge is 0.416 e. The molecule has 0 fully saturated rings. The molecule has 1 aliphatic rings. The Balaban J connectivity index is 1.67. The fourth-order valence-electron chi connectivity index (χ4n) is 4.62. The third-order valence-corrected chi connectivity index (χ3v) is 7.01. The molecule has 41 heavy (non-hydrogen) atoms. The lowest BCUT2D eigenvalue weighted by Gasteiger charge is -2.19. The number of imide groups is 1. The summed E-state index contributed by atoms with van der Waals surface area (Å²) in [6.45, 7) is 0.182. The second-order valence-electron chi connectivity index (χ2n) is 9.70. The summed E-state index contributed by atoms with van der Waals surface area (Å²) in [4.78, 5) is 42.8. The van der Waals surface area contributed by atoms with Crippen LogP contribution in [0.3, 0.4) is 0 Å². The standard InChI is InChI=1S/C29H23ClF3N5O3/c1-36(2)14-13-24-34-35-25(16-37-27(40)18-7-3-4-8-19(18)28(37)41)38(24)23-12-11-17(29(31,32)33)15-21(23)26(39)20-9-5-6-10-22(20)30/h3-12,15H,13-14,16H2,1-2H3. The number of nitrogens with zero attached hydrogens (tertiary/aromatic N) is 5. The predicted octanol–water partition coefficient (Wildman–Crippen LogP) is 5.07. The number of aromatic nitrogens is 3. The monoisotopic (exact) mass is 581 g/mol. The maximum Gasteiger partial charge on any atom is 0.416 e. The summed E-state index contributed by atoms with van der Waals surface area (Å²) in [6, 6.07) is 15.2. The van der Waals surface area contributed by atoms with E-state index in [2.05, 4.69) is 10.2 Å². The van der Waals surface area contributed by atoms with Crippen LogP contribution in [0.4, 0.5) is 13.2 Å². The zero-order chi connectivity index (χ0) is 29.5. The van der Waals surface area contributed by atoms with E-state index in [1.165, 1.54) is 22.8 Å². The second kappa shape index (κ2) is 10.9. The molecule has 1 aromatic heterocycles. The lowest BCUT2D eigenvalue weighted by Crippen LogP contribution is -2.31. The van der Waals surface area contributed by atoms with E-state index in [0.29, 0.717) is 18.8 Å². The average Bonchev–Trinajstić information content (AvgIpc) is 3.45. The quantitative estimate of drug-likeness (QED) is 0.213. The van der Waals surface area contributed by atoms with Crippen molar-refractivity contribution in [1.82, 2.24) is 24.6 Å². The number of alkyl halides is 3. The number of ketones is 1. The normalized spacial score (nSPS) is 13.3. The van der Waals surface area contributed by atoms with Crippen LogP contribution in [0.1, 0.15) is 53.8 Å². The minimum absolute atomic E-state index is 0.0135. The van der Waals surface area contributed by atoms with Gasteiger partial charge in [-0.1, -0.05) is 35.9 Å². The van der Waals surface area contributed by atoms with E-state index in [4.69, 9.17) is 11.6 Å². The Hall–Kier alpha value is -4.35. The third-order valence-electron chi connectivity index (χ3n) is 6.69. The lowest BCUT2D eigenvalue weighted by molar-refractivity contribution is -0.137. The van der Waals surface area contributed by atoms with E-state index in [1.807, 2.05) is 19.0 Å². The van der Waals surface area contributed by atoms with Gasteiger partial charge in [0, 0.05) is 24.1 Å². The second-order valence-corrected chi connectivity index (χ2v) is 10.1. The molecule has 0 atom stereocenters. The molecule has 0 unspecified atom stereocenters. The van der Waals surface area contributed by atoms with Crippen LogP contribution in [0.5, 0.6) is 0 Å². The van der Waals surface area contributed by atoms with Crippen LogP contribution in [-0.2, 0) is 19.1 Å². The van der Waals surface area contributed by atoms with Crippen molar-refractivity contribution < 1.29 is 27.6 Å². The van der Waals surface area contributed by atoms with Gasteiger partial charge in [0.2, 0.25) is 0 Å². The SMILES string of the molecule is CN(C)CCc1nnc(CN2C(=O)c3ccccc3C2=O)n1-c1ccc(C(F)(F)F)cc1C(=O)c1ccccc1Cl. The van der Waals surface area contributed by atoms with E-state index in [1.54, 1.807) is 36.4 Å². The first kappa shape index (κ1) is 28.2. The fourth-order valence-corrected chi connectivity index (χ4v) is 4.85. The van der Waals surface area contributed by atoms with Crippen LogP contribution in [0.25, 0.3) is 5.69 Å². The molecule has 0 saturated heterocycles. The summed E-state index contributed by atoms with van der Waals surface area (Å²) >= 11 is 6.25.